The molecule has 0 aromatic carbocycles. The normalized spacial score (nSPS) is 29.8. The topological polar surface area (TPSA) is 3.24 Å². The fourth-order valence-electron chi connectivity index (χ4n) is 2.36. The first-order chi connectivity index (χ1) is 6.29. The van der Waals surface area contributed by atoms with Crippen LogP contribution in [0.1, 0.15) is 39.5 Å². The lowest BCUT2D eigenvalue weighted by Crippen LogP contribution is -2.35. The van der Waals surface area contributed by atoms with Crippen LogP contribution >= 0.6 is 11.8 Å². The number of thioether (sulfide) groups is 1. The second-order valence-electron chi connectivity index (χ2n) is 4.07. The molecule has 1 aliphatic heterocycles. The van der Waals surface area contributed by atoms with E-state index in [4.69, 9.17) is 0 Å². The molecule has 1 heterocycles. The third-order valence-corrected chi connectivity index (χ3v) is 3.89. The molecule has 78 valence electrons. The van der Waals surface area contributed by atoms with Gasteiger partial charge in [-0.1, -0.05) is 6.92 Å². The second-order valence-corrected chi connectivity index (χ2v) is 5.06. The minimum absolute atomic E-state index is 0.840. The molecule has 0 radical (unpaired) electrons. The molecule has 0 N–H and O–H groups in total. The van der Waals surface area contributed by atoms with E-state index >= 15 is 0 Å². The van der Waals surface area contributed by atoms with Crippen molar-refractivity contribution >= 4 is 11.8 Å². The minimum Gasteiger partial charge on any atom is -0.298 e. The van der Waals surface area contributed by atoms with Crippen molar-refractivity contribution in [1.29, 1.82) is 0 Å². The Balaban J connectivity index is 2.27. The van der Waals surface area contributed by atoms with E-state index in [9.17, 15) is 0 Å². The van der Waals surface area contributed by atoms with Gasteiger partial charge in [-0.05, 0) is 51.2 Å². The maximum atomic E-state index is 2.72. The predicted molar refractivity (Wildman–Crippen MR) is 62.5 cm³/mol. The van der Waals surface area contributed by atoms with Crippen molar-refractivity contribution in [3.8, 4) is 0 Å². The van der Waals surface area contributed by atoms with Gasteiger partial charge in [0.05, 0.1) is 0 Å². The van der Waals surface area contributed by atoms with E-state index in [2.05, 4.69) is 25.0 Å². The molecule has 1 nitrogen and oxygen atoms in total. The molecular weight excluding hydrogens is 178 g/mol. The smallest absolute Gasteiger partial charge is 0.00960 e. The summed E-state index contributed by atoms with van der Waals surface area (Å²) in [5.41, 5.74) is 0. The Morgan fingerprint density at radius 2 is 2.15 bits per heavy atom. The zero-order valence-corrected chi connectivity index (χ0v) is 10.1. The number of hydrogen-bond donors (Lipinski definition) is 0. The highest BCUT2D eigenvalue weighted by molar-refractivity contribution is 7.98. The third-order valence-electron chi connectivity index (χ3n) is 3.19. The Labute approximate surface area is 87.3 Å². The van der Waals surface area contributed by atoms with Crippen molar-refractivity contribution in [3.63, 3.8) is 0 Å². The highest BCUT2D eigenvalue weighted by Crippen LogP contribution is 2.25. The Morgan fingerprint density at radius 3 is 2.77 bits per heavy atom. The Bertz CT molecular complexity index is 138. The SMILES string of the molecule is CC[C@H]1CC[C@H](C)N1CCCSC. The molecule has 2 atom stereocenters. The number of rotatable bonds is 5. The van der Waals surface area contributed by atoms with Gasteiger partial charge in [-0.25, -0.2) is 0 Å². The summed E-state index contributed by atoms with van der Waals surface area (Å²) >= 11 is 1.97. The average molecular weight is 201 g/mol. The van der Waals surface area contributed by atoms with Crippen molar-refractivity contribution in [2.24, 2.45) is 0 Å². The number of likely N-dealkylation sites (tertiary alicyclic amines) is 1. The van der Waals surface area contributed by atoms with Crippen LogP contribution in [0.2, 0.25) is 0 Å². The maximum Gasteiger partial charge on any atom is 0.00960 e. The quantitative estimate of drug-likeness (QED) is 0.629. The number of nitrogens with zero attached hydrogens (tertiary/aromatic N) is 1. The van der Waals surface area contributed by atoms with Crippen LogP contribution in [0.25, 0.3) is 0 Å². The van der Waals surface area contributed by atoms with E-state index in [1.54, 1.807) is 0 Å². The highest BCUT2D eigenvalue weighted by atomic mass is 32.2. The van der Waals surface area contributed by atoms with Gasteiger partial charge in [0.25, 0.3) is 0 Å². The molecule has 0 aromatic rings. The maximum absolute atomic E-state index is 2.72. The van der Waals surface area contributed by atoms with Crippen LogP contribution in [-0.2, 0) is 0 Å². The molecule has 0 aliphatic carbocycles. The van der Waals surface area contributed by atoms with Crippen LogP contribution in [0.5, 0.6) is 0 Å². The van der Waals surface area contributed by atoms with Gasteiger partial charge in [0, 0.05) is 12.1 Å². The molecule has 1 saturated heterocycles. The summed E-state index contributed by atoms with van der Waals surface area (Å²) in [6.45, 7) is 6.03. The van der Waals surface area contributed by atoms with E-state index in [0.29, 0.717) is 0 Å². The van der Waals surface area contributed by atoms with Gasteiger partial charge in [-0.2, -0.15) is 11.8 Å². The van der Waals surface area contributed by atoms with Gasteiger partial charge in [0.2, 0.25) is 0 Å². The third kappa shape index (κ3) is 3.17. The van der Waals surface area contributed by atoms with Crippen LogP contribution < -0.4 is 0 Å². The largest absolute Gasteiger partial charge is 0.298 e. The van der Waals surface area contributed by atoms with Crippen LogP contribution in [0.3, 0.4) is 0 Å². The summed E-state index contributed by atoms with van der Waals surface area (Å²) in [5, 5.41) is 0. The van der Waals surface area contributed by atoms with E-state index < -0.39 is 0 Å². The molecule has 0 amide bonds. The van der Waals surface area contributed by atoms with Gasteiger partial charge in [-0.3, -0.25) is 4.90 Å². The molecule has 0 bridgehead atoms. The first-order valence-corrected chi connectivity index (χ1v) is 6.93. The molecule has 13 heavy (non-hydrogen) atoms. The molecule has 0 spiro atoms. The summed E-state index contributed by atoms with van der Waals surface area (Å²) in [6, 6.07) is 1.73. The molecule has 1 fully saturated rings. The Kier molecular flexibility index (Phi) is 5.18. The lowest BCUT2D eigenvalue weighted by Gasteiger charge is -2.27. The van der Waals surface area contributed by atoms with Crippen molar-refractivity contribution in [3.05, 3.63) is 0 Å². The Hall–Kier alpha value is 0.310. The van der Waals surface area contributed by atoms with Crippen LogP contribution in [-0.4, -0.2) is 35.5 Å². The summed E-state index contributed by atoms with van der Waals surface area (Å²) < 4.78 is 0. The first kappa shape index (κ1) is 11.4. The van der Waals surface area contributed by atoms with Gasteiger partial charge in [-0.15, -0.1) is 0 Å². The first-order valence-electron chi connectivity index (χ1n) is 5.54. The van der Waals surface area contributed by atoms with Crippen LogP contribution in [0, 0.1) is 0 Å². The minimum atomic E-state index is 0.840. The van der Waals surface area contributed by atoms with E-state index in [1.807, 2.05) is 11.8 Å². The van der Waals surface area contributed by atoms with E-state index in [0.717, 1.165) is 12.1 Å². The molecular formula is C11H23NS. The summed E-state index contributed by atoms with van der Waals surface area (Å²) in [7, 11) is 0. The Morgan fingerprint density at radius 1 is 1.38 bits per heavy atom. The molecule has 0 unspecified atom stereocenters. The van der Waals surface area contributed by atoms with Gasteiger partial charge in [0.1, 0.15) is 0 Å². The zero-order valence-electron chi connectivity index (χ0n) is 9.25. The van der Waals surface area contributed by atoms with Gasteiger partial charge >= 0.3 is 0 Å². The lowest BCUT2D eigenvalue weighted by molar-refractivity contribution is 0.200. The fourth-order valence-corrected chi connectivity index (χ4v) is 2.78. The van der Waals surface area contributed by atoms with Crippen molar-refractivity contribution < 1.29 is 0 Å². The highest BCUT2D eigenvalue weighted by Gasteiger charge is 2.28. The fraction of sp³-hybridized carbons (Fsp3) is 1.00. The van der Waals surface area contributed by atoms with Gasteiger partial charge < -0.3 is 0 Å². The van der Waals surface area contributed by atoms with E-state index in [-0.39, 0.29) is 0 Å². The monoisotopic (exact) mass is 201 g/mol. The van der Waals surface area contributed by atoms with Gasteiger partial charge in [0.15, 0.2) is 0 Å². The molecule has 0 aromatic heterocycles. The van der Waals surface area contributed by atoms with Crippen molar-refractivity contribution in [2.75, 3.05) is 18.6 Å². The predicted octanol–water partition coefficient (Wildman–Crippen LogP) is 3.00. The number of hydrogen-bond acceptors (Lipinski definition) is 2. The molecule has 1 aliphatic rings. The van der Waals surface area contributed by atoms with Crippen molar-refractivity contribution in [2.45, 2.75) is 51.6 Å². The van der Waals surface area contributed by atoms with Crippen LogP contribution in [0.4, 0.5) is 0 Å². The zero-order chi connectivity index (χ0) is 9.68. The standard InChI is InChI=1S/C11H23NS/c1-4-11-7-6-10(2)12(11)8-5-9-13-3/h10-11H,4-9H2,1-3H3/t10-,11-/m0/s1. The summed E-state index contributed by atoms with van der Waals surface area (Å²) in [6.07, 6.45) is 7.74. The molecule has 1 rings (SSSR count). The summed E-state index contributed by atoms with van der Waals surface area (Å²) in [5.74, 6) is 1.32. The lowest BCUT2D eigenvalue weighted by atomic mass is 10.1. The average Bonchev–Trinajstić information content (AvgIpc) is 2.48. The molecule has 2 heteroatoms. The van der Waals surface area contributed by atoms with Crippen molar-refractivity contribution in [1.82, 2.24) is 4.90 Å². The summed E-state index contributed by atoms with van der Waals surface area (Å²) in [4.78, 5) is 2.72. The molecule has 0 saturated carbocycles. The second kappa shape index (κ2) is 5.92. The van der Waals surface area contributed by atoms with Crippen LogP contribution in [0.15, 0.2) is 0 Å². The van der Waals surface area contributed by atoms with E-state index in [1.165, 1.54) is 38.0 Å².